The van der Waals surface area contributed by atoms with Crippen molar-refractivity contribution in [3.8, 4) is 5.88 Å². The summed E-state index contributed by atoms with van der Waals surface area (Å²) in [7, 11) is 3.87. The molecule has 1 aromatic heterocycles. The van der Waals surface area contributed by atoms with E-state index < -0.39 is 17.3 Å². The van der Waals surface area contributed by atoms with E-state index in [0.29, 0.717) is 50.5 Å². The van der Waals surface area contributed by atoms with Gasteiger partial charge < -0.3 is 19.4 Å². The van der Waals surface area contributed by atoms with Crippen LogP contribution in [0.3, 0.4) is 0 Å². The number of benzene rings is 1. The average molecular weight is 433 g/mol. The van der Waals surface area contributed by atoms with Gasteiger partial charge in [-0.05, 0) is 31.8 Å². The first-order valence-corrected chi connectivity index (χ1v) is 10.2. The Morgan fingerprint density at radius 2 is 2.00 bits per heavy atom. The smallest absolute Gasteiger partial charge is 0.352 e. The van der Waals surface area contributed by atoms with Crippen molar-refractivity contribution < 1.29 is 18.3 Å². The van der Waals surface area contributed by atoms with E-state index in [1.54, 1.807) is 10.6 Å². The lowest BCUT2D eigenvalue weighted by atomic mass is 10.1. The van der Waals surface area contributed by atoms with Crippen LogP contribution in [0.2, 0.25) is 0 Å². The molecule has 0 bridgehead atoms. The molecule has 0 spiro atoms. The van der Waals surface area contributed by atoms with Gasteiger partial charge in [0.2, 0.25) is 11.8 Å². The standard InChI is InChI=1S/C21H25F2N5O3/c1-25(2)6-5-20(29)26-7-8-27-15(11-26)12-28-19(27)10-18(24-21(28)30)31-13-14-3-4-16(22)17(23)9-14/h3-4,9-10,15H,5-8,11-13H2,1-2H3. The van der Waals surface area contributed by atoms with Crippen LogP contribution in [0, 0.1) is 11.6 Å². The maximum atomic E-state index is 13.4. The highest BCUT2D eigenvalue weighted by molar-refractivity contribution is 5.77. The molecule has 2 aliphatic heterocycles. The highest BCUT2D eigenvalue weighted by atomic mass is 19.2. The summed E-state index contributed by atoms with van der Waals surface area (Å²) in [5.41, 5.74) is 0.00157. The van der Waals surface area contributed by atoms with Gasteiger partial charge in [-0.2, -0.15) is 4.98 Å². The van der Waals surface area contributed by atoms with E-state index in [9.17, 15) is 18.4 Å². The van der Waals surface area contributed by atoms with E-state index >= 15 is 0 Å². The number of halogens is 2. The summed E-state index contributed by atoms with van der Waals surface area (Å²) in [6.45, 7) is 2.88. The summed E-state index contributed by atoms with van der Waals surface area (Å²) < 4.78 is 33.6. The van der Waals surface area contributed by atoms with Crippen LogP contribution in [0.1, 0.15) is 12.0 Å². The third-order valence-electron chi connectivity index (χ3n) is 5.63. The molecule has 1 unspecified atom stereocenters. The fraction of sp³-hybridized carbons (Fsp3) is 0.476. The molecule has 1 amide bonds. The zero-order valence-corrected chi connectivity index (χ0v) is 17.6. The average Bonchev–Trinajstić information content (AvgIpc) is 3.11. The molecule has 1 saturated heterocycles. The third kappa shape index (κ3) is 4.53. The number of rotatable bonds is 6. The Morgan fingerprint density at radius 1 is 1.19 bits per heavy atom. The van der Waals surface area contributed by atoms with Gasteiger partial charge in [-0.25, -0.2) is 13.6 Å². The largest absolute Gasteiger partial charge is 0.473 e. The van der Waals surface area contributed by atoms with Gasteiger partial charge in [0.05, 0.1) is 12.6 Å². The van der Waals surface area contributed by atoms with Crippen LogP contribution in [0.5, 0.6) is 5.88 Å². The molecule has 1 atom stereocenters. The molecule has 1 fully saturated rings. The minimum Gasteiger partial charge on any atom is -0.473 e. The Hall–Kier alpha value is -3.01. The predicted octanol–water partition coefficient (Wildman–Crippen LogP) is 1.08. The van der Waals surface area contributed by atoms with Crippen molar-refractivity contribution in [1.29, 1.82) is 0 Å². The second-order valence-corrected chi connectivity index (χ2v) is 8.12. The number of amides is 1. The number of anilines is 1. The molecule has 31 heavy (non-hydrogen) atoms. The van der Waals surface area contributed by atoms with E-state index in [-0.39, 0.29) is 24.4 Å². The number of hydrogen-bond donors (Lipinski definition) is 0. The molecular formula is C21H25F2N5O3. The van der Waals surface area contributed by atoms with E-state index in [1.807, 2.05) is 23.9 Å². The molecule has 4 rings (SSSR count). The maximum Gasteiger partial charge on any atom is 0.352 e. The van der Waals surface area contributed by atoms with Gasteiger partial charge in [-0.15, -0.1) is 0 Å². The van der Waals surface area contributed by atoms with Gasteiger partial charge >= 0.3 is 5.69 Å². The third-order valence-corrected chi connectivity index (χ3v) is 5.63. The molecule has 0 saturated carbocycles. The molecule has 10 heteroatoms. The summed E-state index contributed by atoms with van der Waals surface area (Å²) in [6, 6.07) is 5.19. The quantitative estimate of drug-likeness (QED) is 0.679. The molecule has 2 aromatic rings. The van der Waals surface area contributed by atoms with Crippen LogP contribution < -0.4 is 15.3 Å². The van der Waals surface area contributed by atoms with Gasteiger partial charge in [-0.3, -0.25) is 9.36 Å². The summed E-state index contributed by atoms with van der Waals surface area (Å²) in [5.74, 6) is -0.936. The Labute approximate surface area is 178 Å². The van der Waals surface area contributed by atoms with E-state index in [4.69, 9.17) is 4.74 Å². The van der Waals surface area contributed by atoms with Crippen molar-refractivity contribution in [2.75, 3.05) is 45.2 Å². The van der Waals surface area contributed by atoms with Crippen LogP contribution >= 0.6 is 0 Å². The first-order valence-electron chi connectivity index (χ1n) is 10.2. The molecule has 0 aliphatic carbocycles. The lowest BCUT2D eigenvalue weighted by molar-refractivity contribution is -0.132. The van der Waals surface area contributed by atoms with Crippen LogP contribution in [0.15, 0.2) is 29.1 Å². The van der Waals surface area contributed by atoms with E-state index in [0.717, 1.165) is 12.1 Å². The molecule has 1 aromatic carbocycles. The van der Waals surface area contributed by atoms with Crippen molar-refractivity contribution in [3.05, 3.63) is 51.9 Å². The highest BCUT2D eigenvalue weighted by Gasteiger charge is 2.36. The molecular weight excluding hydrogens is 408 g/mol. The van der Waals surface area contributed by atoms with Crippen LogP contribution in [-0.2, 0) is 17.9 Å². The number of fused-ring (bicyclic) bond motifs is 3. The lowest BCUT2D eigenvalue weighted by Crippen LogP contribution is -2.53. The van der Waals surface area contributed by atoms with Gasteiger partial charge in [0.15, 0.2) is 11.6 Å². The molecule has 8 nitrogen and oxygen atoms in total. The fourth-order valence-electron chi connectivity index (χ4n) is 3.97. The van der Waals surface area contributed by atoms with E-state index in [2.05, 4.69) is 9.88 Å². The number of carbonyl (C=O) groups excluding carboxylic acids is 1. The fourth-order valence-corrected chi connectivity index (χ4v) is 3.97. The number of carbonyl (C=O) groups is 1. The van der Waals surface area contributed by atoms with Crippen molar-refractivity contribution in [2.45, 2.75) is 25.6 Å². The first kappa shape index (κ1) is 21.2. The van der Waals surface area contributed by atoms with Crippen LogP contribution in [-0.4, -0.2) is 71.6 Å². The van der Waals surface area contributed by atoms with Crippen LogP contribution in [0.4, 0.5) is 14.6 Å². The zero-order chi connectivity index (χ0) is 22.1. The van der Waals surface area contributed by atoms with Crippen molar-refractivity contribution in [2.24, 2.45) is 0 Å². The Morgan fingerprint density at radius 3 is 2.74 bits per heavy atom. The number of nitrogens with zero attached hydrogens (tertiary/aromatic N) is 5. The Bertz CT molecular complexity index is 1040. The number of aromatic nitrogens is 2. The number of hydrogen-bond acceptors (Lipinski definition) is 6. The normalized spacial score (nSPS) is 17.6. The van der Waals surface area contributed by atoms with Gasteiger partial charge in [0, 0.05) is 38.7 Å². The molecule has 0 radical (unpaired) electrons. The van der Waals surface area contributed by atoms with E-state index in [1.165, 1.54) is 6.07 Å². The maximum absolute atomic E-state index is 13.4. The predicted molar refractivity (Wildman–Crippen MR) is 110 cm³/mol. The van der Waals surface area contributed by atoms with Crippen molar-refractivity contribution in [1.82, 2.24) is 19.4 Å². The summed E-state index contributed by atoms with van der Waals surface area (Å²) in [4.78, 5) is 34.9. The summed E-state index contributed by atoms with van der Waals surface area (Å²) in [5, 5.41) is 0. The van der Waals surface area contributed by atoms with Crippen LogP contribution in [0.25, 0.3) is 0 Å². The molecule has 3 heterocycles. The highest BCUT2D eigenvalue weighted by Crippen LogP contribution is 2.29. The minimum atomic E-state index is -0.955. The van der Waals surface area contributed by atoms with Gasteiger partial charge in [0.1, 0.15) is 12.4 Å². The second-order valence-electron chi connectivity index (χ2n) is 8.12. The topological polar surface area (TPSA) is 70.9 Å². The summed E-state index contributed by atoms with van der Waals surface area (Å²) in [6.07, 6.45) is 0.468. The first-order chi connectivity index (χ1) is 14.8. The van der Waals surface area contributed by atoms with Gasteiger partial charge in [-0.1, -0.05) is 6.07 Å². The Kier molecular flexibility index (Phi) is 5.90. The number of piperazine rings is 1. The molecule has 2 aliphatic rings. The number of ether oxygens (including phenoxy) is 1. The lowest BCUT2D eigenvalue weighted by Gasteiger charge is -2.38. The monoisotopic (exact) mass is 433 g/mol. The summed E-state index contributed by atoms with van der Waals surface area (Å²) >= 11 is 0. The SMILES string of the molecule is CN(C)CCC(=O)N1CCN2c3cc(OCc4ccc(F)c(F)c4)nc(=O)n3CC2C1. The molecule has 0 N–H and O–H groups in total. The zero-order valence-electron chi connectivity index (χ0n) is 17.6. The molecule has 166 valence electrons. The minimum absolute atomic E-state index is 0.00741. The van der Waals surface area contributed by atoms with Crippen molar-refractivity contribution >= 4 is 11.7 Å². The Balaban J connectivity index is 1.44. The van der Waals surface area contributed by atoms with Crippen molar-refractivity contribution in [3.63, 3.8) is 0 Å². The van der Waals surface area contributed by atoms with Gasteiger partial charge in [0.25, 0.3) is 0 Å². The second kappa shape index (κ2) is 8.62.